The van der Waals surface area contributed by atoms with Gasteiger partial charge in [-0.2, -0.15) is 0 Å². The van der Waals surface area contributed by atoms with Crippen molar-refractivity contribution >= 4 is 11.9 Å². The highest BCUT2D eigenvalue weighted by molar-refractivity contribution is 5.86. The topological polar surface area (TPSA) is 87.7 Å². The van der Waals surface area contributed by atoms with Crippen molar-refractivity contribution in [2.75, 3.05) is 0 Å². The molecule has 4 rings (SSSR count). The third kappa shape index (κ3) is 3.99. The minimum Gasteiger partial charge on any atom is -0.481 e. The molecule has 1 aromatic heterocycles. The maximum Gasteiger partial charge on any atom is 0.331 e. The van der Waals surface area contributed by atoms with Crippen LogP contribution >= 0.6 is 0 Å². The minimum absolute atomic E-state index is 0.0562. The van der Waals surface area contributed by atoms with Crippen LogP contribution < -0.4 is 0 Å². The van der Waals surface area contributed by atoms with Gasteiger partial charge >= 0.3 is 11.9 Å². The Morgan fingerprint density at radius 2 is 1.89 bits per heavy atom. The van der Waals surface area contributed by atoms with Crippen LogP contribution in [0.4, 0.5) is 0 Å². The molecule has 0 amide bonds. The van der Waals surface area contributed by atoms with E-state index in [0.29, 0.717) is 29.7 Å². The van der Waals surface area contributed by atoms with Crippen LogP contribution in [0.3, 0.4) is 0 Å². The summed E-state index contributed by atoms with van der Waals surface area (Å²) in [5.41, 5.74) is 3.16. The molecule has 2 N–H and O–H groups in total. The van der Waals surface area contributed by atoms with Gasteiger partial charge in [-0.05, 0) is 91.4 Å². The van der Waals surface area contributed by atoms with E-state index in [9.17, 15) is 14.7 Å². The van der Waals surface area contributed by atoms with E-state index in [1.807, 2.05) is 12.3 Å². The number of aryl methyl sites for hydroxylation is 1. The summed E-state index contributed by atoms with van der Waals surface area (Å²) in [4.78, 5) is 22.7. The Morgan fingerprint density at radius 1 is 1.17 bits per heavy atom. The molecule has 192 valence electrons. The average Bonchev–Trinajstić information content (AvgIpc) is 3.28. The summed E-state index contributed by atoms with van der Waals surface area (Å²) in [6.07, 6.45) is 14.0. The molecule has 35 heavy (non-hydrogen) atoms. The van der Waals surface area contributed by atoms with Crippen molar-refractivity contribution in [3.63, 3.8) is 0 Å². The van der Waals surface area contributed by atoms with Crippen molar-refractivity contribution in [3.8, 4) is 0 Å². The van der Waals surface area contributed by atoms with Gasteiger partial charge < -0.3 is 14.6 Å². The van der Waals surface area contributed by atoms with Crippen LogP contribution in [0, 0.1) is 40.9 Å². The standard InChI is InChI=1S/C30H42O5/c1-18(8-7-9-19(2)27(33)34)21-12-13-30(6)24-16-23-26(20(3)17-35-23)22(10-11-25(31)32)28(24,4)14-15-29(21,30)5/h7-9,17-18,21-22,24H,10-16H2,1-6H3,(H,31,32)(H,33,34). The molecule has 0 saturated heterocycles. The molecule has 0 radical (unpaired) electrons. The summed E-state index contributed by atoms with van der Waals surface area (Å²) >= 11 is 0. The van der Waals surface area contributed by atoms with Gasteiger partial charge in [0, 0.05) is 24.0 Å². The second-order valence-electron chi connectivity index (χ2n) is 12.4. The van der Waals surface area contributed by atoms with Gasteiger partial charge in [0.2, 0.25) is 0 Å². The number of furan rings is 1. The molecule has 3 aliphatic carbocycles. The molecular formula is C30H42O5. The van der Waals surface area contributed by atoms with E-state index in [-0.39, 0.29) is 28.6 Å². The predicted octanol–water partition coefficient (Wildman–Crippen LogP) is 7.15. The van der Waals surface area contributed by atoms with E-state index < -0.39 is 11.9 Å². The lowest BCUT2D eigenvalue weighted by atomic mass is 9.40. The van der Waals surface area contributed by atoms with Crippen LogP contribution in [0.15, 0.2) is 34.5 Å². The monoisotopic (exact) mass is 482 g/mol. The summed E-state index contributed by atoms with van der Waals surface area (Å²) in [7, 11) is 0. The Morgan fingerprint density at radius 3 is 2.54 bits per heavy atom. The van der Waals surface area contributed by atoms with E-state index in [2.05, 4.69) is 40.7 Å². The fourth-order valence-electron chi connectivity index (χ4n) is 8.65. The Kier molecular flexibility index (Phi) is 6.61. The maximum atomic E-state index is 11.6. The summed E-state index contributed by atoms with van der Waals surface area (Å²) in [6.45, 7) is 13.4. The second kappa shape index (κ2) is 8.97. The highest BCUT2D eigenvalue weighted by atomic mass is 16.4. The highest BCUT2D eigenvalue weighted by Crippen LogP contribution is 2.74. The van der Waals surface area contributed by atoms with Gasteiger partial charge in [0.15, 0.2) is 0 Å². The van der Waals surface area contributed by atoms with Crippen molar-refractivity contribution < 1.29 is 24.2 Å². The van der Waals surface area contributed by atoms with E-state index in [4.69, 9.17) is 9.52 Å². The van der Waals surface area contributed by atoms with Gasteiger partial charge in [0.25, 0.3) is 0 Å². The number of fused-ring (bicyclic) bond motifs is 4. The molecule has 2 fully saturated rings. The third-order valence-electron chi connectivity index (χ3n) is 10.9. The number of hydrogen-bond donors (Lipinski definition) is 2. The lowest BCUT2D eigenvalue weighted by Gasteiger charge is -2.64. The largest absolute Gasteiger partial charge is 0.481 e. The molecule has 7 unspecified atom stereocenters. The molecule has 0 aromatic carbocycles. The van der Waals surface area contributed by atoms with Crippen LogP contribution in [-0.2, 0) is 16.0 Å². The number of allylic oxidation sites excluding steroid dienone is 3. The molecular weight excluding hydrogens is 440 g/mol. The zero-order chi connectivity index (χ0) is 25.8. The molecule has 2 saturated carbocycles. The van der Waals surface area contributed by atoms with Crippen molar-refractivity contribution in [2.45, 2.75) is 92.4 Å². The molecule has 5 nitrogen and oxygen atoms in total. The van der Waals surface area contributed by atoms with Crippen molar-refractivity contribution in [3.05, 3.63) is 47.0 Å². The lowest BCUT2D eigenvalue weighted by Crippen LogP contribution is -2.57. The van der Waals surface area contributed by atoms with Gasteiger partial charge in [0.1, 0.15) is 5.76 Å². The molecule has 1 heterocycles. The second-order valence-corrected chi connectivity index (χ2v) is 12.4. The first-order valence-corrected chi connectivity index (χ1v) is 13.2. The zero-order valence-corrected chi connectivity index (χ0v) is 22.2. The first-order chi connectivity index (χ1) is 16.3. The molecule has 1 aromatic rings. The molecule has 0 bridgehead atoms. The zero-order valence-electron chi connectivity index (χ0n) is 22.2. The average molecular weight is 483 g/mol. The van der Waals surface area contributed by atoms with Gasteiger partial charge in [-0.15, -0.1) is 0 Å². The lowest BCUT2D eigenvalue weighted by molar-refractivity contribution is -0.140. The summed E-state index contributed by atoms with van der Waals surface area (Å²) < 4.78 is 6.10. The van der Waals surface area contributed by atoms with Crippen LogP contribution in [0.1, 0.15) is 95.9 Å². The molecule has 0 aliphatic heterocycles. The Bertz CT molecular complexity index is 1060. The van der Waals surface area contributed by atoms with Crippen molar-refractivity contribution in [1.29, 1.82) is 0 Å². The van der Waals surface area contributed by atoms with Crippen LogP contribution in [-0.4, -0.2) is 22.2 Å². The van der Waals surface area contributed by atoms with Gasteiger partial charge in [-0.1, -0.05) is 45.9 Å². The number of rotatable bonds is 7. The molecule has 0 spiro atoms. The summed E-state index contributed by atoms with van der Waals surface area (Å²) in [6, 6.07) is 0. The first-order valence-electron chi connectivity index (χ1n) is 13.2. The summed E-state index contributed by atoms with van der Waals surface area (Å²) in [5, 5.41) is 18.6. The minimum atomic E-state index is -0.878. The SMILES string of the molecule is CC(=CC=CC(C)C1CCC2(C)C3Cc4occ(C)c4C(CCC(=O)O)C3(C)CCC12C)C(=O)O. The van der Waals surface area contributed by atoms with E-state index >= 15 is 0 Å². The smallest absolute Gasteiger partial charge is 0.331 e. The number of aliphatic carboxylic acids is 2. The maximum absolute atomic E-state index is 11.6. The van der Waals surface area contributed by atoms with Gasteiger partial charge in [0.05, 0.1) is 6.26 Å². The van der Waals surface area contributed by atoms with E-state index in [1.165, 1.54) is 11.1 Å². The quantitative estimate of drug-likeness (QED) is 0.318. The Balaban J connectivity index is 1.67. The Hall–Kier alpha value is -2.30. The number of carboxylic acid groups (broad SMARTS) is 2. The van der Waals surface area contributed by atoms with Gasteiger partial charge in [-0.3, -0.25) is 4.79 Å². The molecule has 7 atom stereocenters. The third-order valence-corrected chi connectivity index (χ3v) is 10.9. The molecule has 3 aliphatic rings. The number of hydrogen-bond acceptors (Lipinski definition) is 3. The Labute approximate surface area is 209 Å². The summed E-state index contributed by atoms with van der Waals surface area (Å²) in [5.74, 6) is 1.03. The normalized spacial score (nSPS) is 37.5. The fourth-order valence-corrected chi connectivity index (χ4v) is 8.65. The van der Waals surface area contributed by atoms with Crippen molar-refractivity contribution in [2.24, 2.45) is 34.0 Å². The highest BCUT2D eigenvalue weighted by Gasteiger charge is 2.67. The van der Waals surface area contributed by atoms with Crippen LogP contribution in [0.5, 0.6) is 0 Å². The molecule has 5 heteroatoms. The first kappa shape index (κ1) is 25.8. The van der Waals surface area contributed by atoms with Crippen LogP contribution in [0.25, 0.3) is 0 Å². The van der Waals surface area contributed by atoms with Crippen LogP contribution in [0.2, 0.25) is 0 Å². The predicted molar refractivity (Wildman–Crippen MR) is 136 cm³/mol. The number of carbonyl (C=O) groups is 2. The van der Waals surface area contributed by atoms with Gasteiger partial charge in [-0.25, -0.2) is 4.79 Å². The van der Waals surface area contributed by atoms with E-state index in [1.54, 1.807) is 13.0 Å². The number of carboxylic acids is 2. The van der Waals surface area contributed by atoms with E-state index in [0.717, 1.165) is 37.9 Å². The fraction of sp³-hybridized carbons (Fsp3) is 0.667. The van der Waals surface area contributed by atoms with Crippen molar-refractivity contribution in [1.82, 2.24) is 0 Å².